The van der Waals surface area contributed by atoms with Gasteiger partial charge in [0.2, 0.25) is 0 Å². The highest BCUT2D eigenvalue weighted by Gasteiger charge is 2.20. The highest BCUT2D eigenvalue weighted by Crippen LogP contribution is 2.30. The number of nitrogens with one attached hydrogen (secondary N) is 1. The number of anilines is 2. The number of halogens is 2. The molecule has 8 heteroatoms. The summed E-state index contributed by atoms with van der Waals surface area (Å²) >= 11 is 5.88. The Hall–Kier alpha value is -1.99. The molecule has 0 spiro atoms. The van der Waals surface area contributed by atoms with Gasteiger partial charge < -0.3 is 10.5 Å². The van der Waals surface area contributed by atoms with E-state index in [4.69, 9.17) is 22.1 Å². The Morgan fingerprint density at radius 3 is 2.52 bits per heavy atom. The Labute approximate surface area is 126 Å². The molecule has 2 rings (SSSR count). The number of hydrogen-bond donors (Lipinski definition) is 2. The van der Waals surface area contributed by atoms with Gasteiger partial charge in [-0.3, -0.25) is 4.72 Å². The van der Waals surface area contributed by atoms with Crippen molar-refractivity contribution in [2.75, 3.05) is 17.6 Å². The van der Waals surface area contributed by atoms with Gasteiger partial charge >= 0.3 is 0 Å². The standard InChI is InChI=1S/C13H12ClFN2O3S/c1-20-13-10(15)6-8(7-11(13)16)21(18,19)17-12-5-3-2-4-9(12)14/h2-7,17H,16H2,1H3. The second-order valence-electron chi connectivity index (χ2n) is 4.11. The normalized spacial score (nSPS) is 11.2. The van der Waals surface area contributed by atoms with Crippen molar-refractivity contribution >= 4 is 33.0 Å². The molecule has 0 saturated heterocycles. The largest absolute Gasteiger partial charge is 0.492 e. The Kier molecular flexibility index (Phi) is 4.24. The minimum Gasteiger partial charge on any atom is -0.492 e. The number of sulfonamides is 1. The van der Waals surface area contributed by atoms with Crippen LogP contribution in [0.3, 0.4) is 0 Å². The van der Waals surface area contributed by atoms with Gasteiger partial charge in [0.05, 0.1) is 28.4 Å². The summed E-state index contributed by atoms with van der Waals surface area (Å²) in [7, 11) is -2.77. The van der Waals surface area contributed by atoms with E-state index >= 15 is 0 Å². The number of nitrogen functional groups attached to an aromatic ring is 1. The molecule has 2 aromatic carbocycles. The molecule has 0 atom stereocenters. The van der Waals surface area contributed by atoms with Crippen LogP contribution < -0.4 is 15.2 Å². The molecule has 0 amide bonds. The molecule has 0 fully saturated rings. The van der Waals surface area contributed by atoms with Crippen LogP contribution in [0.2, 0.25) is 5.02 Å². The topological polar surface area (TPSA) is 81.4 Å². The van der Waals surface area contributed by atoms with E-state index in [1.54, 1.807) is 12.1 Å². The summed E-state index contributed by atoms with van der Waals surface area (Å²) in [6.45, 7) is 0. The Morgan fingerprint density at radius 1 is 1.29 bits per heavy atom. The second-order valence-corrected chi connectivity index (χ2v) is 6.20. The van der Waals surface area contributed by atoms with Gasteiger partial charge in [0.1, 0.15) is 0 Å². The van der Waals surface area contributed by atoms with Crippen LogP contribution in [0.5, 0.6) is 5.75 Å². The molecule has 2 aromatic rings. The number of methoxy groups -OCH3 is 1. The van der Waals surface area contributed by atoms with Gasteiger partial charge in [-0.25, -0.2) is 12.8 Å². The number of ether oxygens (including phenoxy) is 1. The number of rotatable bonds is 4. The molecule has 0 aliphatic carbocycles. The van der Waals surface area contributed by atoms with Gasteiger partial charge in [0.15, 0.2) is 11.6 Å². The maximum Gasteiger partial charge on any atom is 0.262 e. The van der Waals surface area contributed by atoms with Crippen LogP contribution in [0.25, 0.3) is 0 Å². The van der Waals surface area contributed by atoms with Crippen molar-refractivity contribution in [2.24, 2.45) is 0 Å². The minimum atomic E-state index is -4.02. The molecular formula is C13H12ClFN2O3S. The van der Waals surface area contributed by atoms with Gasteiger partial charge in [-0.1, -0.05) is 23.7 Å². The predicted octanol–water partition coefficient (Wildman–Crippen LogP) is 2.87. The van der Waals surface area contributed by atoms with Crippen molar-refractivity contribution in [2.45, 2.75) is 4.90 Å². The average molecular weight is 331 g/mol. The molecule has 0 bridgehead atoms. The van der Waals surface area contributed by atoms with Crippen LogP contribution in [0.1, 0.15) is 0 Å². The third kappa shape index (κ3) is 3.20. The number of hydrogen-bond acceptors (Lipinski definition) is 4. The molecule has 112 valence electrons. The zero-order valence-corrected chi connectivity index (χ0v) is 12.5. The van der Waals surface area contributed by atoms with E-state index in [0.717, 1.165) is 12.1 Å². The Balaban J connectivity index is 2.43. The quantitative estimate of drug-likeness (QED) is 0.845. The first-order valence-corrected chi connectivity index (χ1v) is 7.61. The third-order valence-electron chi connectivity index (χ3n) is 2.68. The fourth-order valence-electron chi connectivity index (χ4n) is 1.71. The Morgan fingerprint density at radius 2 is 1.95 bits per heavy atom. The predicted molar refractivity (Wildman–Crippen MR) is 79.6 cm³/mol. The van der Waals surface area contributed by atoms with Crippen molar-refractivity contribution in [3.05, 3.63) is 47.2 Å². The lowest BCUT2D eigenvalue weighted by atomic mass is 10.3. The minimum absolute atomic E-state index is 0.114. The summed E-state index contributed by atoms with van der Waals surface area (Å²) in [5.41, 5.74) is 5.64. The summed E-state index contributed by atoms with van der Waals surface area (Å²) in [5.74, 6) is -1.07. The Bertz CT molecular complexity index is 758. The van der Waals surface area contributed by atoms with Gasteiger partial charge in [0.25, 0.3) is 10.0 Å². The average Bonchev–Trinajstić information content (AvgIpc) is 2.41. The molecule has 0 saturated carbocycles. The van der Waals surface area contributed by atoms with E-state index in [-0.39, 0.29) is 27.0 Å². The maximum absolute atomic E-state index is 13.7. The zero-order chi connectivity index (χ0) is 15.6. The van der Waals surface area contributed by atoms with Crippen molar-refractivity contribution in [1.82, 2.24) is 0 Å². The summed E-state index contributed by atoms with van der Waals surface area (Å²) in [6, 6.07) is 8.23. The zero-order valence-electron chi connectivity index (χ0n) is 10.9. The number of nitrogens with two attached hydrogens (primary N) is 1. The first-order valence-electron chi connectivity index (χ1n) is 5.75. The monoisotopic (exact) mass is 330 g/mol. The van der Waals surface area contributed by atoms with Gasteiger partial charge in [-0.2, -0.15) is 0 Å². The molecule has 0 heterocycles. The fourth-order valence-corrected chi connectivity index (χ4v) is 3.07. The maximum atomic E-state index is 13.7. The SMILES string of the molecule is COc1c(N)cc(S(=O)(=O)Nc2ccccc2Cl)cc1F. The van der Waals surface area contributed by atoms with E-state index in [1.807, 2.05) is 0 Å². The van der Waals surface area contributed by atoms with Crippen molar-refractivity contribution in [1.29, 1.82) is 0 Å². The van der Waals surface area contributed by atoms with Crippen molar-refractivity contribution < 1.29 is 17.5 Å². The lowest BCUT2D eigenvalue weighted by Crippen LogP contribution is -2.14. The first kappa shape index (κ1) is 15.4. The summed E-state index contributed by atoms with van der Waals surface area (Å²) in [6.07, 6.45) is 0. The van der Waals surface area contributed by atoms with Crippen LogP contribution in [0.4, 0.5) is 15.8 Å². The van der Waals surface area contributed by atoms with Crippen LogP contribution in [0.15, 0.2) is 41.3 Å². The van der Waals surface area contributed by atoms with E-state index in [9.17, 15) is 12.8 Å². The number of benzene rings is 2. The van der Waals surface area contributed by atoms with Crippen LogP contribution in [-0.2, 0) is 10.0 Å². The molecular weight excluding hydrogens is 319 g/mol. The third-order valence-corrected chi connectivity index (χ3v) is 4.35. The smallest absolute Gasteiger partial charge is 0.262 e. The molecule has 0 aliphatic heterocycles. The van der Waals surface area contributed by atoms with Crippen LogP contribution in [-0.4, -0.2) is 15.5 Å². The highest BCUT2D eigenvalue weighted by atomic mass is 35.5. The molecule has 3 N–H and O–H groups in total. The van der Waals surface area contributed by atoms with Crippen LogP contribution >= 0.6 is 11.6 Å². The van der Waals surface area contributed by atoms with Gasteiger partial charge in [0, 0.05) is 0 Å². The molecule has 0 aromatic heterocycles. The second kappa shape index (κ2) is 5.79. The number of para-hydroxylation sites is 1. The van der Waals surface area contributed by atoms with E-state index in [2.05, 4.69) is 4.72 Å². The van der Waals surface area contributed by atoms with E-state index in [1.165, 1.54) is 19.2 Å². The first-order chi connectivity index (χ1) is 9.85. The summed E-state index contributed by atoms with van der Waals surface area (Å²) < 4.78 is 45.2. The van der Waals surface area contributed by atoms with Crippen LogP contribution in [0, 0.1) is 5.82 Å². The van der Waals surface area contributed by atoms with E-state index in [0.29, 0.717) is 0 Å². The van der Waals surface area contributed by atoms with Gasteiger partial charge in [-0.05, 0) is 24.3 Å². The van der Waals surface area contributed by atoms with Gasteiger partial charge in [-0.15, -0.1) is 0 Å². The van der Waals surface area contributed by atoms with Crippen molar-refractivity contribution in [3.8, 4) is 5.75 Å². The molecule has 0 aliphatic rings. The summed E-state index contributed by atoms with van der Waals surface area (Å²) in [5, 5.41) is 0.225. The van der Waals surface area contributed by atoms with Crippen molar-refractivity contribution in [3.63, 3.8) is 0 Å². The summed E-state index contributed by atoms with van der Waals surface area (Å²) in [4.78, 5) is -0.321. The molecule has 21 heavy (non-hydrogen) atoms. The fraction of sp³-hybridized carbons (Fsp3) is 0.0769. The lowest BCUT2D eigenvalue weighted by molar-refractivity contribution is 0.388. The molecule has 0 unspecified atom stereocenters. The van der Waals surface area contributed by atoms with E-state index < -0.39 is 15.8 Å². The molecule has 5 nitrogen and oxygen atoms in total. The lowest BCUT2D eigenvalue weighted by Gasteiger charge is -2.12. The highest BCUT2D eigenvalue weighted by molar-refractivity contribution is 7.92. The molecule has 0 radical (unpaired) electrons.